The normalized spacial score (nSPS) is 11.5. The smallest absolute Gasteiger partial charge is 0.127 e. The van der Waals surface area contributed by atoms with Gasteiger partial charge in [-0.05, 0) is 37.8 Å². The Morgan fingerprint density at radius 1 is 0.385 bits per heavy atom. The van der Waals surface area contributed by atoms with Crippen molar-refractivity contribution in [2.24, 2.45) is 0 Å². The SMILES string of the molecule is CCCCCCCCN(CCCCCCCC)C(=S)c1ccc2ccc3ccc(C(=S)N(CCCCCCCC)CCCCCCCC)nc3c2n1. The molecule has 290 valence electrons. The fraction of sp³-hybridized carbons (Fsp3) is 0.696. The molecule has 0 amide bonds. The lowest BCUT2D eigenvalue weighted by molar-refractivity contribution is 0.389. The van der Waals surface area contributed by atoms with E-state index in [2.05, 4.69) is 73.9 Å². The summed E-state index contributed by atoms with van der Waals surface area (Å²) >= 11 is 12.5. The topological polar surface area (TPSA) is 32.3 Å². The van der Waals surface area contributed by atoms with Gasteiger partial charge in [-0.2, -0.15) is 0 Å². The summed E-state index contributed by atoms with van der Waals surface area (Å²) in [6.45, 7) is 13.2. The number of aromatic nitrogens is 2. The van der Waals surface area contributed by atoms with Gasteiger partial charge in [0.05, 0.1) is 22.4 Å². The quantitative estimate of drug-likeness (QED) is 0.0384. The number of benzene rings is 1. The molecule has 0 fully saturated rings. The minimum Gasteiger partial charge on any atom is -0.361 e. The summed E-state index contributed by atoms with van der Waals surface area (Å²) in [7, 11) is 0. The summed E-state index contributed by atoms with van der Waals surface area (Å²) in [5.41, 5.74) is 3.66. The van der Waals surface area contributed by atoms with Gasteiger partial charge in [-0.15, -0.1) is 0 Å². The molecule has 3 rings (SSSR count). The van der Waals surface area contributed by atoms with Gasteiger partial charge in [-0.1, -0.05) is 205 Å². The lowest BCUT2D eigenvalue weighted by atomic mass is 10.1. The molecule has 0 aliphatic heterocycles. The Bertz CT molecular complexity index is 1280. The minimum absolute atomic E-state index is 0.886. The first-order valence-electron chi connectivity index (χ1n) is 21.8. The maximum absolute atomic E-state index is 6.23. The molecule has 0 radical (unpaired) electrons. The van der Waals surface area contributed by atoms with Crippen LogP contribution in [-0.2, 0) is 0 Å². The van der Waals surface area contributed by atoms with Gasteiger partial charge in [0.2, 0.25) is 0 Å². The Kier molecular flexibility index (Phi) is 23.3. The van der Waals surface area contributed by atoms with E-state index in [1.54, 1.807) is 0 Å². The van der Waals surface area contributed by atoms with E-state index < -0.39 is 0 Å². The first-order valence-corrected chi connectivity index (χ1v) is 22.6. The second-order valence-electron chi connectivity index (χ2n) is 15.3. The van der Waals surface area contributed by atoms with Gasteiger partial charge in [0.25, 0.3) is 0 Å². The number of hydrogen-bond acceptors (Lipinski definition) is 4. The number of hydrogen-bond donors (Lipinski definition) is 0. The van der Waals surface area contributed by atoms with Gasteiger partial charge < -0.3 is 9.80 Å². The average molecular weight is 747 g/mol. The number of fused-ring (bicyclic) bond motifs is 3. The molecule has 0 unspecified atom stereocenters. The van der Waals surface area contributed by atoms with Crippen LogP contribution in [0.15, 0.2) is 36.4 Å². The molecule has 2 heterocycles. The molecule has 0 spiro atoms. The molecule has 6 heteroatoms. The third-order valence-electron chi connectivity index (χ3n) is 10.7. The second-order valence-corrected chi connectivity index (χ2v) is 16.0. The third kappa shape index (κ3) is 16.0. The maximum Gasteiger partial charge on any atom is 0.127 e. The van der Waals surface area contributed by atoms with Crippen LogP contribution in [0, 0.1) is 0 Å². The first kappa shape index (κ1) is 44.2. The zero-order valence-electron chi connectivity index (χ0n) is 33.9. The maximum atomic E-state index is 6.23. The summed E-state index contributed by atoms with van der Waals surface area (Å²) in [4.78, 5) is 17.2. The summed E-state index contributed by atoms with van der Waals surface area (Å²) in [5.74, 6) is 0. The van der Waals surface area contributed by atoms with Gasteiger partial charge in [0.1, 0.15) is 9.98 Å². The van der Waals surface area contributed by atoms with Crippen molar-refractivity contribution in [1.29, 1.82) is 0 Å². The highest BCUT2D eigenvalue weighted by Crippen LogP contribution is 2.25. The molecule has 0 saturated heterocycles. The van der Waals surface area contributed by atoms with Crippen molar-refractivity contribution in [2.75, 3.05) is 26.2 Å². The van der Waals surface area contributed by atoms with Crippen molar-refractivity contribution in [3.05, 3.63) is 47.8 Å². The molecule has 3 aromatic rings. The van der Waals surface area contributed by atoms with Crippen LogP contribution in [0.1, 0.15) is 193 Å². The molecule has 0 aliphatic rings. The van der Waals surface area contributed by atoms with E-state index in [1.165, 1.54) is 154 Å². The van der Waals surface area contributed by atoms with Crippen LogP contribution in [0.3, 0.4) is 0 Å². The molecule has 0 atom stereocenters. The molecule has 2 aromatic heterocycles. The van der Waals surface area contributed by atoms with E-state index in [4.69, 9.17) is 34.4 Å². The Morgan fingerprint density at radius 3 is 0.923 bits per heavy atom. The number of thiocarbonyl (C=S) groups is 2. The van der Waals surface area contributed by atoms with Gasteiger partial charge >= 0.3 is 0 Å². The molecule has 0 bridgehead atoms. The van der Waals surface area contributed by atoms with E-state index in [1.807, 2.05) is 0 Å². The molecule has 0 saturated carbocycles. The summed E-state index contributed by atoms with van der Waals surface area (Å²) < 4.78 is 0. The van der Waals surface area contributed by atoms with E-state index in [0.717, 1.165) is 69.3 Å². The molecule has 1 aromatic carbocycles. The fourth-order valence-corrected chi connectivity index (χ4v) is 7.88. The number of pyridine rings is 2. The highest BCUT2D eigenvalue weighted by atomic mass is 32.1. The van der Waals surface area contributed by atoms with Gasteiger partial charge in [-0.25, -0.2) is 9.97 Å². The predicted molar refractivity (Wildman–Crippen MR) is 237 cm³/mol. The van der Waals surface area contributed by atoms with Crippen molar-refractivity contribution in [3.8, 4) is 0 Å². The van der Waals surface area contributed by atoms with E-state index in [-0.39, 0.29) is 0 Å². The lowest BCUT2D eigenvalue weighted by Crippen LogP contribution is -2.33. The van der Waals surface area contributed by atoms with Crippen LogP contribution in [0.2, 0.25) is 0 Å². The van der Waals surface area contributed by atoms with Crippen LogP contribution in [-0.4, -0.2) is 55.9 Å². The zero-order valence-corrected chi connectivity index (χ0v) is 35.5. The van der Waals surface area contributed by atoms with Crippen molar-refractivity contribution in [2.45, 2.75) is 182 Å². The van der Waals surface area contributed by atoms with Gasteiger partial charge in [0.15, 0.2) is 0 Å². The molecule has 0 N–H and O–H groups in total. The van der Waals surface area contributed by atoms with E-state index >= 15 is 0 Å². The van der Waals surface area contributed by atoms with Crippen molar-refractivity contribution >= 4 is 56.2 Å². The first-order chi connectivity index (χ1) is 25.5. The lowest BCUT2D eigenvalue weighted by Gasteiger charge is -2.26. The monoisotopic (exact) mass is 747 g/mol. The highest BCUT2D eigenvalue weighted by molar-refractivity contribution is 7.80. The van der Waals surface area contributed by atoms with E-state index in [0.29, 0.717) is 0 Å². The van der Waals surface area contributed by atoms with Crippen LogP contribution in [0.5, 0.6) is 0 Å². The van der Waals surface area contributed by atoms with Crippen molar-refractivity contribution in [1.82, 2.24) is 19.8 Å². The standard InChI is InChI=1S/C46H74N4S2/c1-5-9-13-17-21-25-35-49(36-26-22-18-14-10-6-2)45(51)41-33-31-39-29-30-40-32-34-42(48-44(40)43(39)47-41)46(52)50(37-27-23-19-15-11-7-3)38-28-24-20-16-12-8-4/h29-34H,5-28,35-38H2,1-4H3. The summed E-state index contributed by atoms with van der Waals surface area (Å²) in [6.07, 6.45) is 31.0. The Labute approximate surface area is 330 Å². The Balaban J connectivity index is 1.81. The van der Waals surface area contributed by atoms with Crippen molar-refractivity contribution < 1.29 is 0 Å². The molecule has 52 heavy (non-hydrogen) atoms. The largest absolute Gasteiger partial charge is 0.361 e. The van der Waals surface area contributed by atoms with Gasteiger partial charge in [0, 0.05) is 37.0 Å². The van der Waals surface area contributed by atoms with Crippen LogP contribution < -0.4 is 0 Å². The zero-order chi connectivity index (χ0) is 37.2. The fourth-order valence-electron chi connectivity index (χ4n) is 7.29. The van der Waals surface area contributed by atoms with E-state index in [9.17, 15) is 0 Å². The third-order valence-corrected chi connectivity index (χ3v) is 11.6. The van der Waals surface area contributed by atoms with Crippen molar-refractivity contribution in [3.63, 3.8) is 0 Å². The minimum atomic E-state index is 0.886. The second kappa shape index (κ2) is 27.4. The Hall–Kier alpha value is -2.18. The number of unbranched alkanes of at least 4 members (excludes halogenated alkanes) is 20. The number of nitrogens with zero attached hydrogens (tertiary/aromatic N) is 4. The Morgan fingerprint density at radius 2 is 0.635 bits per heavy atom. The molecular formula is C46H74N4S2. The number of rotatable bonds is 30. The van der Waals surface area contributed by atoms with Gasteiger partial charge in [-0.3, -0.25) is 0 Å². The summed E-state index contributed by atoms with van der Waals surface area (Å²) in [5, 5.41) is 2.20. The molecular weight excluding hydrogens is 673 g/mol. The van der Waals surface area contributed by atoms with Crippen LogP contribution >= 0.6 is 24.4 Å². The molecule has 0 aliphatic carbocycles. The van der Waals surface area contributed by atoms with Crippen LogP contribution in [0.25, 0.3) is 21.8 Å². The average Bonchev–Trinajstić information content (AvgIpc) is 3.17. The predicted octanol–water partition coefficient (Wildman–Crippen LogP) is 14.2. The summed E-state index contributed by atoms with van der Waals surface area (Å²) in [6, 6.07) is 13.0. The van der Waals surface area contributed by atoms with Crippen LogP contribution in [0.4, 0.5) is 0 Å². The highest BCUT2D eigenvalue weighted by Gasteiger charge is 2.17. The molecule has 4 nitrogen and oxygen atoms in total.